The Hall–Kier alpha value is -1.33. The molecule has 1 aliphatic carbocycles. The molecule has 24 heavy (non-hydrogen) atoms. The Morgan fingerprint density at radius 3 is 2.50 bits per heavy atom. The molecule has 0 spiro atoms. The number of hydrogen-bond donors (Lipinski definition) is 2. The first-order valence-corrected chi connectivity index (χ1v) is 9.20. The Labute approximate surface area is 144 Å². The molecule has 5 heteroatoms. The van der Waals surface area contributed by atoms with Gasteiger partial charge in [-0.15, -0.1) is 0 Å². The molecule has 1 aromatic rings. The summed E-state index contributed by atoms with van der Waals surface area (Å²) in [6.45, 7) is 6.66. The van der Waals surface area contributed by atoms with Crippen LogP contribution in [0.25, 0.3) is 0 Å². The minimum atomic E-state index is -0.189. The summed E-state index contributed by atoms with van der Waals surface area (Å²) in [5.74, 6) is 0.469. The lowest BCUT2D eigenvalue weighted by molar-refractivity contribution is -0.00519. The van der Waals surface area contributed by atoms with Crippen LogP contribution in [0.2, 0.25) is 0 Å². The fourth-order valence-corrected chi connectivity index (χ4v) is 3.94. The maximum atomic E-state index is 13.8. The number of ether oxygens (including phenoxy) is 1. The average Bonchev–Trinajstić information content (AvgIpc) is 2.54. The van der Waals surface area contributed by atoms with E-state index in [0.29, 0.717) is 12.0 Å². The largest absolute Gasteiger partial charge is 0.383 e. The van der Waals surface area contributed by atoms with E-state index in [1.165, 1.54) is 18.9 Å². The van der Waals surface area contributed by atoms with Crippen LogP contribution in [0.4, 0.5) is 15.8 Å². The van der Waals surface area contributed by atoms with Gasteiger partial charge in [0.2, 0.25) is 0 Å². The zero-order chi connectivity index (χ0) is 17.1. The van der Waals surface area contributed by atoms with Crippen molar-refractivity contribution in [1.82, 2.24) is 0 Å². The monoisotopic (exact) mass is 335 g/mol. The summed E-state index contributed by atoms with van der Waals surface area (Å²) >= 11 is 0. The third-order valence-electron chi connectivity index (χ3n) is 5.19. The minimum absolute atomic E-state index is 0.157. The van der Waals surface area contributed by atoms with Gasteiger partial charge in [0.1, 0.15) is 5.82 Å². The third kappa shape index (κ3) is 4.39. The van der Waals surface area contributed by atoms with E-state index in [1.54, 1.807) is 6.07 Å². The SMILES string of the molecule is C[C@@H]1CN(c2cc(F)ccc2NC[C@H]2CC[C@H](N)CC2)C[C@H](C)O1. The van der Waals surface area contributed by atoms with E-state index in [9.17, 15) is 4.39 Å². The lowest BCUT2D eigenvalue weighted by atomic mass is 9.86. The van der Waals surface area contributed by atoms with Gasteiger partial charge < -0.3 is 20.7 Å². The molecule has 0 unspecified atom stereocenters. The maximum Gasteiger partial charge on any atom is 0.125 e. The molecule has 3 rings (SSSR count). The van der Waals surface area contributed by atoms with Crippen molar-refractivity contribution in [3.05, 3.63) is 24.0 Å². The Kier molecular flexibility index (Phi) is 5.61. The van der Waals surface area contributed by atoms with Gasteiger partial charge in [-0.3, -0.25) is 0 Å². The first-order valence-electron chi connectivity index (χ1n) is 9.20. The predicted molar refractivity (Wildman–Crippen MR) is 97.0 cm³/mol. The summed E-state index contributed by atoms with van der Waals surface area (Å²) in [5, 5.41) is 3.56. The zero-order valence-electron chi connectivity index (χ0n) is 14.8. The van der Waals surface area contributed by atoms with Gasteiger partial charge in [0.25, 0.3) is 0 Å². The third-order valence-corrected chi connectivity index (χ3v) is 5.19. The van der Waals surface area contributed by atoms with Gasteiger partial charge in [0.15, 0.2) is 0 Å². The number of nitrogens with zero attached hydrogens (tertiary/aromatic N) is 1. The van der Waals surface area contributed by atoms with Gasteiger partial charge >= 0.3 is 0 Å². The van der Waals surface area contributed by atoms with Crippen LogP contribution in [0.1, 0.15) is 39.5 Å². The van der Waals surface area contributed by atoms with Crippen molar-refractivity contribution >= 4 is 11.4 Å². The van der Waals surface area contributed by atoms with Crippen molar-refractivity contribution in [3.63, 3.8) is 0 Å². The van der Waals surface area contributed by atoms with Crippen LogP contribution in [-0.4, -0.2) is 37.9 Å². The number of anilines is 2. The fraction of sp³-hybridized carbons (Fsp3) is 0.684. The standard InChI is InChI=1S/C19H30FN3O/c1-13-11-23(12-14(2)24-13)19-9-16(20)5-8-18(19)22-10-15-3-6-17(21)7-4-15/h5,8-9,13-15,17,22H,3-4,6-7,10-12,21H2,1-2H3/t13-,14+,15-,17-. The van der Waals surface area contributed by atoms with E-state index < -0.39 is 0 Å². The summed E-state index contributed by atoms with van der Waals surface area (Å²) in [6, 6.07) is 5.42. The molecule has 4 nitrogen and oxygen atoms in total. The molecule has 1 aliphatic heterocycles. The van der Waals surface area contributed by atoms with Crippen LogP contribution in [0.5, 0.6) is 0 Å². The van der Waals surface area contributed by atoms with Gasteiger partial charge in [0.05, 0.1) is 23.6 Å². The van der Waals surface area contributed by atoms with Crippen molar-refractivity contribution in [3.8, 4) is 0 Å². The second-order valence-corrected chi connectivity index (χ2v) is 7.49. The lowest BCUT2D eigenvalue weighted by Gasteiger charge is -2.38. The Balaban J connectivity index is 1.69. The average molecular weight is 335 g/mol. The first-order chi connectivity index (χ1) is 11.5. The zero-order valence-corrected chi connectivity index (χ0v) is 14.8. The number of morpholine rings is 1. The summed E-state index contributed by atoms with van der Waals surface area (Å²) in [5.41, 5.74) is 7.96. The number of hydrogen-bond acceptors (Lipinski definition) is 4. The highest BCUT2D eigenvalue weighted by atomic mass is 19.1. The van der Waals surface area contributed by atoms with Crippen molar-refractivity contribution in [2.24, 2.45) is 11.7 Å². The van der Waals surface area contributed by atoms with Gasteiger partial charge in [-0.2, -0.15) is 0 Å². The molecule has 0 bridgehead atoms. The summed E-state index contributed by atoms with van der Waals surface area (Å²) in [7, 11) is 0. The summed E-state index contributed by atoms with van der Waals surface area (Å²) in [4.78, 5) is 2.24. The molecule has 0 aromatic heterocycles. The molecule has 1 saturated heterocycles. The van der Waals surface area contributed by atoms with Crippen molar-refractivity contribution < 1.29 is 9.13 Å². The Bertz CT molecular complexity index is 535. The normalized spacial score (nSPS) is 31.1. The molecule has 2 atom stereocenters. The predicted octanol–water partition coefficient (Wildman–Crippen LogP) is 3.37. The molecular formula is C19H30FN3O. The molecule has 1 heterocycles. The maximum absolute atomic E-state index is 13.8. The molecule has 2 aliphatic rings. The molecule has 0 radical (unpaired) electrons. The lowest BCUT2D eigenvalue weighted by Crippen LogP contribution is -2.45. The van der Waals surface area contributed by atoms with Crippen LogP contribution < -0.4 is 16.0 Å². The van der Waals surface area contributed by atoms with E-state index in [0.717, 1.165) is 43.9 Å². The molecule has 134 valence electrons. The van der Waals surface area contributed by atoms with Gasteiger partial charge in [-0.05, 0) is 63.6 Å². The molecule has 3 N–H and O–H groups in total. The van der Waals surface area contributed by atoms with E-state index >= 15 is 0 Å². The number of nitrogens with one attached hydrogen (secondary N) is 1. The smallest absolute Gasteiger partial charge is 0.125 e. The summed E-state index contributed by atoms with van der Waals surface area (Å²) in [6.07, 6.45) is 4.89. The highest BCUT2D eigenvalue weighted by Gasteiger charge is 2.25. The summed E-state index contributed by atoms with van der Waals surface area (Å²) < 4.78 is 19.6. The second-order valence-electron chi connectivity index (χ2n) is 7.49. The molecular weight excluding hydrogens is 305 g/mol. The van der Waals surface area contributed by atoms with E-state index in [1.807, 2.05) is 6.07 Å². The molecule has 1 aromatic carbocycles. The van der Waals surface area contributed by atoms with Crippen LogP contribution in [0.15, 0.2) is 18.2 Å². The number of rotatable bonds is 4. The van der Waals surface area contributed by atoms with Crippen LogP contribution in [0.3, 0.4) is 0 Å². The van der Waals surface area contributed by atoms with Crippen molar-refractivity contribution in [2.45, 2.75) is 57.8 Å². The van der Waals surface area contributed by atoms with Crippen molar-refractivity contribution in [2.75, 3.05) is 29.9 Å². The van der Waals surface area contributed by atoms with Crippen LogP contribution in [-0.2, 0) is 4.74 Å². The van der Waals surface area contributed by atoms with Crippen LogP contribution in [0, 0.1) is 11.7 Å². The van der Waals surface area contributed by atoms with E-state index in [4.69, 9.17) is 10.5 Å². The highest BCUT2D eigenvalue weighted by Crippen LogP contribution is 2.31. The van der Waals surface area contributed by atoms with E-state index in [-0.39, 0.29) is 18.0 Å². The topological polar surface area (TPSA) is 50.5 Å². The van der Waals surface area contributed by atoms with Crippen LogP contribution >= 0.6 is 0 Å². The van der Waals surface area contributed by atoms with E-state index in [2.05, 4.69) is 24.1 Å². The van der Waals surface area contributed by atoms with Gasteiger partial charge in [0, 0.05) is 25.7 Å². The van der Waals surface area contributed by atoms with Gasteiger partial charge in [-0.25, -0.2) is 4.39 Å². The Morgan fingerprint density at radius 1 is 1.17 bits per heavy atom. The highest BCUT2D eigenvalue weighted by molar-refractivity contribution is 5.70. The fourth-order valence-electron chi connectivity index (χ4n) is 3.94. The number of benzene rings is 1. The van der Waals surface area contributed by atoms with Crippen molar-refractivity contribution in [1.29, 1.82) is 0 Å². The first kappa shape index (κ1) is 17.5. The molecule has 0 amide bonds. The molecule has 1 saturated carbocycles. The van der Waals surface area contributed by atoms with Gasteiger partial charge in [-0.1, -0.05) is 0 Å². The number of halogens is 1. The quantitative estimate of drug-likeness (QED) is 0.886. The Morgan fingerprint density at radius 2 is 1.83 bits per heavy atom. The number of nitrogens with two attached hydrogens (primary N) is 1. The molecule has 2 fully saturated rings. The minimum Gasteiger partial charge on any atom is -0.383 e. The second kappa shape index (κ2) is 7.70.